The molecular formula is C12H13N3O2S. The maximum atomic E-state index is 11.7. The number of hydrogen-bond acceptors (Lipinski definition) is 5. The molecule has 18 heavy (non-hydrogen) atoms. The lowest BCUT2D eigenvalue weighted by Crippen LogP contribution is -2.22. The highest BCUT2D eigenvalue weighted by Crippen LogP contribution is 2.31. The molecular weight excluding hydrogens is 250 g/mol. The molecule has 1 aromatic heterocycles. The van der Waals surface area contributed by atoms with Gasteiger partial charge in [0.25, 0.3) is 11.1 Å². The SMILES string of the molecule is CCNC(=O)c1ccc(N)c(Sc2ncco2)c1. The number of hydrogen-bond donors (Lipinski definition) is 2. The van der Waals surface area contributed by atoms with Gasteiger partial charge < -0.3 is 15.5 Å². The van der Waals surface area contributed by atoms with Gasteiger partial charge in [-0.25, -0.2) is 4.98 Å². The Morgan fingerprint density at radius 2 is 2.39 bits per heavy atom. The Bertz CT molecular complexity index is 540. The summed E-state index contributed by atoms with van der Waals surface area (Å²) in [5.74, 6) is -0.119. The smallest absolute Gasteiger partial charge is 0.260 e. The summed E-state index contributed by atoms with van der Waals surface area (Å²) >= 11 is 1.29. The molecule has 94 valence electrons. The number of aromatic nitrogens is 1. The summed E-state index contributed by atoms with van der Waals surface area (Å²) in [5, 5.41) is 3.23. The van der Waals surface area contributed by atoms with E-state index in [1.165, 1.54) is 18.0 Å². The topological polar surface area (TPSA) is 81.2 Å². The number of rotatable bonds is 4. The lowest BCUT2D eigenvalue weighted by atomic mass is 10.2. The summed E-state index contributed by atoms with van der Waals surface area (Å²) in [4.78, 5) is 16.5. The van der Waals surface area contributed by atoms with E-state index in [-0.39, 0.29) is 5.91 Å². The molecule has 1 amide bonds. The van der Waals surface area contributed by atoms with Crippen LogP contribution >= 0.6 is 11.8 Å². The molecule has 2 rings (SSSR count). The number of anilines is 1. The minimum Gasteiger partial charge on any atom is -0.440 e. The predicted molar refractivity (Wildman–Crippen MR) is 69.5 cm³/mol. The van der Waals surface area contributed by atoms with E-state index in [9.17, 15) is 4.79 Å². The van der Waals surface area contributed by atoms with Crippen LogP contribution < -0.4 is 11.1 Å². The zero-order valence-corrected chi connectivity index (χ0v) is 10.7. The molecule has 0 aliphatic rings. The van der Waals surface area contributed by atoms with Crippen LogP contribution in [-0.2, 0) is 0 Å². The summed E-state index contributed by atoms with van der Waals surface area (Å²) in [5.41, 5.74) is 7.02. The first-order valence-electron chi connectivity index (χ1n) is 5.45. The number of nitrogens with zero attached hydrogens (tertiary/aromatic N) is 1. The Labute approximate surface area is 109 Å². The van der Waals surface area contributed by atoms with Crippen LogP contribution in [0.5, 0.6) is 0 Å². The van der Waals surface area contributed by atoms with Crippen LogP contribution in [0, 0.1) is 0 Å². The van der Waals surface area contributed by atoms with Gasteiger partial charge in [-0.1, -0.05) is 0 Å². The Morgan fingerprint density at radius 1 is 1.56 bits per heavy atom. The summed E-state index contributed by atoms with van der Waals surface area (Å²) in [6.07, 6.45) is 3.05. The van der Waals surface area contributed by atoms with Gasteiger partial charge in [-0.15, -0.1) is 0 Å². The molecule has 1 aromatic carbocycles. The summed E-state index contributed by atoms with van der Waals surface area (Å²) < 4.78 is 5.14. The predicted octanol–water partition coefficient (Wildman–Crippen LogP) is 2.16. The Balaban J connectivity index is 2.24. The van der Waals surface area contributed by atoms with Gasteiger partial charge in [0, 0.05) is 22.7 Å². The number of benzene rings is 1. The third-order valence-corrected chi connectivity index (χ3v) is 3.17. The van der Waals surface area contributed by atoms with E-state index in [1.807, 2.05) is 6.92 Å². The number of nitrogen functional groups attached to an aromatic ring is 1. The van der Waals surface area contributed by atoms with Crippen molar-refractivity contribution in [3.8, 4) is 0 Å². The molecule has 0 radical (unpaired) electrons. The van der Waals surface area contributed by atoms with Crippen molar-refractivity contribution >= 4 is 23.4 Å². The van der Waals surface area contributed by atoms with Crippen molar-refractivity contribution in [2.45, 2.75) is 17.0 Å². The Morgan fingerprint density at radius 3 is 3.06 bits per heavy atom. The molecule has 0 bridgehead atoms. The van der Waals surface area contributed by atoms with Crippen LogP contribution in [0.2, 0.25) is 0 Å². The minimum atomic E-state index is -0.119. The fourth-order valence-corrected chi connectivity index (χ4v) is 2.16. The van der Waals surface area contributed by atoms with E-state index < -0.39 is 0 Å². The molecule has 0 fully saturated rings. The highest BCUT2D eigenvalue weighted by atomic mass is 32.2. The van der Waals surface area contributed by atoms with Crippen molar-refractivity contribution in [1.29, 1.82) is 0 Å². The number of carbonyl (C=O) groups is 1. The van der Waals surface area contributed by atoms with Crippen molar-refractivity contribution < 1.29 is 9.21 Å². The molecule has 0 saturated carbocycles. The lowest BCUT2D eigenvalue weighted by molar-refractivity contribution is 0.0955. The first-order chi connectivity index (χ1) is 8.70. The van der Waals surface area contributed by atoms with Gasteiger partial charge in [0.15, 0.2) is 0 Å². The third-order valence-electron chi connectivity index (χ3n) is 2.22. The second-order valence-corrected chi connectivity index (χ2v) is 4.51. The van der Waals surface area contributed by atoms with E-state index in [1.54, 1.807) is 24.4 Å². The van der Waals surface area contributed by atoms with E-state index >= 15 is 0 Å². The maximum absolute atomic E-state index is 11.7. The van der Waals surface area contributed by atoms with Gasteiger partial charge in [-0.3, -0.25) is 4.79 Å². The van der Waals surface area contributed by atoms with Crippen LogP contribution in [0.1, 0.15) is 17.3 Å². The number of carbonyl (C=O) groups excluding carboxylic acids is 1. The van der Waals surface area contributed by atoms with E-state index in [2.05, 4.69) is 10.3 Å². The summed E-state index contributed by atoms with van der Waals surface area (Å²) in [6, 6.07) is 5.13. The molecule has 1 heterocycles. The fraction of sp³-hybridized carbons (Fsp3) is 0.167. The van der Waals surface area contributed by atoms with E-state index in [0.717, 1.165) is 4.90 Å². The molecule has 0 unspecified atom stereocenters. The molecule has 0 aliphatic carbocycles. The van der Waals surface area contributed by atoms with Gasteiger partial charge in [0.2, 0.25) is 0 Å². The van der Waals surface area contributed by atoms with Crippen LogP contribution in [0.15, 0.2) is 45.2 Å². The van der Waals surface area contributed by atoms with Crippen molar-refractivity contribution in [3.05, 3.63) is 36.2 Å². The quantitative estimate of drug-likeness (QED) is 0.826. The van der Waals surface area contributed by atoms with Gasteiger partial charge in [0.05, 0.1) is 6.20 Å². The molecule has 5 nitrogen and oxygen atoms in total. The molecule has 0 spiro atoms. The average Bonchev–Trinajstić information content (AvgIpc) is 2.85. The number of nitrogens with two attached hydrogens (primary N) is 1. The van der Waals surface area contributed by atoms with Crippen molar-refractivity contribution in [2.75, 3.05) is 12.3 Å². The second-order valence-electron chi connectivity index (χ2n) is 3.51. The lowest BCUT2D eigenvalue weighted by Gasteiger charge is -2.06. The first kappa shape index (κ1) is 12.5. The van der Waals surface area contributed by atoms with Crippen molar-refractivity contribution in [1.82, 2.24) is 10.3 Å². The normalized spacial score (nSPS) is 10.3. The highest BCUT2D eigenvalue weighted by molar-refractivity contribution is 7.99. The second kappa shape index (κ2) is 5.59. The Hall–Kier alpha value is -1.95. The van der Waals surface area contributed by atoms with Gasteiger partial charge in [0.1, 0.15) is 6.26 Å². The Kier molecular flexibility index (Phi) is 3.88. The molecule has 3 N–H and O–H groups in total. The first-order valence-corrected chi connectivity index (χ1v) is 6.27. The standard InChI is InChI=1S/C12H13N3O2S/c1-2-14-11(16)8-3-4-9(13)10(7-8)18-12-15-5-6-17-12/h3-7H,2,13H2,1H3,(H,14,16). The van der Waals surface area contributed by atoms with Crippen LogP contribution in [0.3, 0.4) is 0 Å². The monoisotopic (exact) mass is 263 g/mol. The molecule has 6 heteroatoms. The molecule has 2 aromatic rings. The number of nitrogens with one attached hydrogen (secondary N) is 1. The summed E-state index contributed by atoms with van der Waals surface area (Å²) in [6.45, 7) is 2.46. The fourth-order valence-electron chi connectivity index (χ4n) is 1.38. The minimum absolute atomic E-state index is 0.119. The summed E-state index contributed by atoms with van der Waals surface area (Å²) in [7, 11) is 0. The molecule has 0 saturated heterocycles. The van der Waals surface area contributed by atoms with E-state index in [0.29, 0.717) is 23.0 Å². The molecule has 0 aliphatic heterocycles. The maximum Gasteiger partial charge on any atom is 0.260 e. The number of amides is 1. The van der Waals surface area contributed by atoms with E-state index in [4.69, 9.17) is 10.2 Å². The van der Waals surface area contributed by atoms with Crippen molar-refractivity contribution in [3.63, 3.8) is 0 Å². The van der Waals surface area contributed by atoms with Crippen LogP contribution in [0.25, 0.3) is 0 Å². The zero-order chi connectivity index (χ0) is 13.0. The zero-order valence-electron chi connectivity index (χ0n) is 9.84. The highest BCUT2D eigenvalue weighted by Gasteiger charge is 2.10. The van der Waals surface area contributed by atoms with Crippen LogP contribution in [-0.4, -0.2) is 17.4 Å². The van der Waals surface area contributed by atoms with Crippen LogP contribution in [0.4, 0.5) is 5.69 Å². The largest absolute Gasteiger partial charge is 0.440 e. The van der Waals surface area contributed by atoms with Gasteiger partial charge in [-0.05, 0) is 36.9 Å². The molecule has 0 atom stereocenters. The van der Waals surface area contributed by atoms with Gasteiger partial charge >= 0.3 is 0 Å². The number of oxazole rings is 1. The van der Waals surface area contributed by atoms with Gasteiger partial charge in [-0.2, -0.15) is 0 Å². The average molecular weight is 263 g/mol. The third kappa shape index (κ3) is 2.84. The van der Waals surface area contributed by atoms with Crippen molar-refractivity contribution in [2.24, 2.45) is 0 Å².